The fourth-order valence-electron chi connectivity index (χ4n) is 3.13. The molecule has 0 aliphatic heterocycles. The summed E-state index contributed by atoms with van der Waals surface area (Å²) < 4.78 is 16.8. The van der Waals surface area contributed by atoms with Crippen molar-refractivity contribution in [2.75, 3.05) is 20.8 Å². The van der Waals surface area contributed by atoms with Crippen LogP contribution in [-0.2, 0) is 0 Å². The van der Waals surface area contributed by atoms with Gasteiger partial charge in [-0.15, -0.1) is 0 Å². The lowest BCUT2D eigenvalue weighted by atomic mass is 9.90. The van der Waals surface area contributed by atoms with Crippen molar-refractivity contribution >= 4 is 5.78 Å². The first-order valence-electron chi connectivity index (χ1n) is 8.61. The second-order valence-corrected chi connectivity index (χ2v) is 6.20. The summed E-state index contributed by atoms with van der Waals surface area (Å²) >= 11 is 0. The van der Waals surface area contributed by atoms with Gasteiger partial charge in [0.2, 0.25) is 5.75 Å². The lowest BCUT2D eigenvalue weighted by Gasteiger charge is -2.23. The Kier molecular flexibility index (Phi) is 6.75. The van der Waals surface area contributed by atoms with Crippen molar-refractivity contribution < 1.29 is 19.0 Å². The van der Waals surface area contributed by atoms with Crippen molar-refractivity contribution in [3.8, 4) is 17.2 Å². The molecule has 4 heteroatoms. The standard InChI is InChI=1S/C19H28O4/c1-4-8-16(20)15-11-17(21-2)19(22-3)18(12-15)23-13-14-9-6-5-7-10-14/h11-12,14H,4-10,13H2,1-3H3. The molecule has 1 fully saturated rings. The molecule has 1 aliphatic carbocycles. The number of methoxy groups -OCH3 is 2. The summed E-state index contributed by atoms with van der Waals surface area (Å²) in [7, 11) is 3.18. The number of Topliss-reactive ketones (excluding diaryl/α,β-unsaturated/α-hetero) is 1. The zero-order valence-electron chi connectivity index (χ0n) is 14.5. The molecule has 4 nitrogen and oxygen atoms in total. The normalized spacial score (nSPS) is 15.3. The molecule has 2 rings (SSSR count). The summed E-state index contributed by atoms with van der Waals surface area (Å²) in [6, 6.07) is 3.53. The number of benzene rings is 1. The van der Waals surface area contributed by atoms with Gasteiger partial charge in [-0.3, -0.25) is 4.79 Å². The van der Waals surface area contributed by atoms with Crippen molar-refractivity contribution in [2.45, 2.75) is 51.9 Å². The Labute approximate surface area is 139 Å². The van der Waals surface area contributed by atoms with Crippen molar-refractivity contribution in [1.82, 2.24) is 0 Å². The molecule has 0 heterocycles. The highest BCUT2D eigenvalue weighted by Crippen LogP contribution is 2.39. The Morgan fingerprint density at radius 3 is 2.39 bits per heavy atom. The Hall–Kier alpha value is -1.71. The molecule has 1 aromatic rings. The van der Waals surface area contributed by atoms with Crippen LogP contribution in [0, 0.1) is 5.92 Å². The van der Waals surface area contributed by atoms with Gasteiger partial charge in [0.1, 0.15) is 0 Å². The summed E-state index contributed by atoms with van der Waals surface area (Å²) in [5, 5.41) is 0. The number of carbonyl (C=O) groups excluding carboxylic acids is 1. The molecular formula is C19H28O4. The van der Waals surface area contributed by atoms with Crippen molar-refractivity contribution in [3.63, 3.8) is 0 Å². The molecule has 1 aromatic carbocycles. The van der Waals surface area contributed by atoms with E-state index in [4.69, 9.17) is 14.2 Å². The molecule has 128 valence electrons. The zero-order valence-corrected chi connectivity index (χ0v) is 14.5. The van der Waals surface area contributed by atoms with Gasteiger partial charge in [-0.1, -0.05) is 26.2 Å². The van der Waals surface area contributed by atoms with Crippen LogP contribution in [0.3, 0.4) is 0 Å². The van der Waals surface area contributed by atoms with E-state index in [-0.39, 0.29) is 5.78 Å². The molecule has 23 heavy (non-hydrogen) atoms. The zero-order chi connectivity index (χ0) is 16.7. The lowest BCUT2D eigenvalue weighted by molar-refractivity contribution is 0.0980. The van der Waals surface area contributed by atoms with Crippen molar-refractivity contribution in [3.05, 3.63) is 17.7 Å². The second kappa shape index (κ2) is 8.80. The van der Waals surface area contributed by atoms with Crippen LogP contribution in [0.4, 0.5) is 0 Å². The van der Waals surface area contributed by atoms with Crippen LogP contribution >= 0.6 is 0 Å². The monoisotopic (exact) mass is 320 g/mol. The molecule has 0 unspecified atom stereocenters. The first-order valence-corrected chi connectivity index (χ1v) is 8.61. The third kappa shape index (κ3) is 4.63. The Morgan fingerprint density at radius 2 is 1.78 bits per heavy atom. The molecule has 1 aliphatic rings. The number of ketones is 1. The molecule has 0 N–H and O–H groups in total. The Balaban J connectivity index is 2.19. The van der Waals surface area contributed by atoms with E-state index in [0.717, 1.165) is 6.42 Å². The van der Waals surface area contributed by atoms with Crippen LogP contribution in [-0.4, -0.2) is 26.6 Å². The fraction of sp³-hybridized carbons (Fsp3) is 0.632. The molecule has 0 bridgehead atoms. The largest absolute Gasteiger partial charge is 0.493 e. The van der Waals surface area contributed by atoms with Crippen LogP contribution in [0.1, 0.15) is 62.2 Å². The van der Waals surface area contributed by atoms with E-state index in [9.17, 15) is 4.79 Å². The van der Waals surface area contributed by atoms with Gasteiger partial charge in [0.15, 0.2) is 17.3 Å². The smallest absolute Gasteiger partial charge is 0.203 e. The van der Waals surface area contributed by atoms with Crippen LogP contribution in [0.2, 0.25) is 0 Å². The molecule has 0 spiro atoms. The Bertz CT molecular complexity index is 518. The van der Waals surface area contributed by atoms with Gasteiger partial charge in [-0.2, -0.15) is 0 Å². The van der Waals surface area contributed by atoms with Gasteiger partial charge < -0.3 is 14.2 Å². The fourth-order valence-corrected chi connectivity index (χ4v) is 3.13. The van der Waals surface area contributed by atoms with Gasteiger partial charge in [0.05, 0.1) is 20.8 Å². The molecule has 0 aromatic heterocycles. The van der Waals surface area contributed by atoms with E-state index in [2.05, 4.69) is 0 Å². The first-order chi connectivity index (χ1) is 11.2. The number of hydrogen-bond donors (Lipinski definition) is 0. The maximum Gasteiger partial charge on any atom is 0.203 e. The maximum absolute atomic E-state index is 12.2. The number of rotatable bonds is 8. The lowest BCUT2D eigenvalue weighted by Crippen LogP contribution is -2.16. The third-order valence-corrected chi connectivity index (χ3v) is 4.44. The van der Waals surface area contributed by atoms with Crippen LogP contribution < -0.4 is 14.2 Å². The van der Waals surface area contributed by atoms with Crippen molar-refractivity contribution in [1.29, 1.82) is 0 Å². The van der Waals surface area contributed by atoms with E-state index in [1.165, 1.54) is 32.1 Å². The van der Waals surface area contributed by atoms with E-state index in [0.29, 0.717) is 41.8 Å². The van der Waals surface area contributed by atoms with Gasteiger partial charge in [-0.25, -0.2) is 0 Å². The summed E-state index contributed by atoms with van der Waals surface area (Å²) in [5.41, 5.74) is 0.628. The summed E-state index contributed by atoms with van der Waals surface area (Å²) in [6.07, 6.45) is 7.67. The van der Waals surface area contributed by atoms with E-state index < -0.39 is 0 Å². The number of hydrogen-bond acceptors (Lipinski definition) is 4. The summed E-state index contributed by atoms with van der Waals surface area (Å²) in [6.45, 7) is 2.67. The highest BCUT2D eigenvalue weighted by Gasteiger charge is 2.19. The molecule has 0 amide bonds. The highest BCUT2D eigenvalue weighted by atomic mass is 16.5. The number of ether oxygens (including phenoxy) is 3. The van der Waals surface area contributed by atoms with Gasteiger partial charge in [-0.05, 0) is 37.3 Å². The molecule has 0 saturated heterocycles. The summed E-state index contributed by atoms with van der Waals surface area (Å²) in [5.74, 6) is 2.42. The van der Waals surface area contributed by atoms with Crippen LogP contribution in [0.25, 0.3) is 0 Å². The first kappa shape index (κ1) is 17.6. The average molecular weight is 320 g/mol. The van der Waals surface area contributed by atoms with Gasteiger partial charge >= 0.3 is 0 Å². The van der Waals surface area contributed by atoms with Gasteiger partial charge in [0, 0.05) is 12.0 Å². The van der Waals surface area contributed by atoms with E-state index in [1.54, 1.807) is 26.4 Å². The van der Waals surface area contributed by atoms with Crippen molar-refractivity contribution in [2.24, 2.45) is 5.92 Å². The minimum atomic E-state index is 0.107. The average Bonchev–Trinajstić information content (AvgIpc) is 2.60. The summed E-state index contributed by atoms with van der Waals surface area (Å²) in [4.78, 5) is 12.2. The predicted molar refractivity (Wildman–Crippen MR) is 90.9 cm³/mol. The van der Waals surface area contributed by atoms with E-state index >= 15 is 0 Å². The predicted octanol–water partition coefficient (Wildman–Crippen LogP) is 4.65. The quantitative estimate of drug-likeness (QED) is 0.654. The minimum Gasteiger partial charge on any atom is -0.493 e. The Morgan fingerprint density at radius 1 is 1.09 bits per heavy atom. The van der Waals surface area contributed by atoms with Crippen LogP contribution in [0.15, 0.2) is 12.1 Å². The molecule has 0 atom stereocenters. The molecule has 1 saturated carbocycles. The SMILES string of the molecule is CCCC(=O)c1cc(OC)c(OC)c(OCC2CCCCC2)c1. The van der Waals surface area contributed by atoms with Gasteiger partial charge in [0.25, 0.3) is 0 Å². The molecule has 0 radical (unpaired) electrons. The highest BCUT2D eigenvalue weighted by molar-refractivity contribution is 5.97. The minimum absolute atomic E-state index is 0.107. The molecular weight excluding hydrogens is 292 g/mol. The third-order valence-electron chi connectivity index (χ3n) is 4.44. The topological polar surface area (TPSA) is 44.8 Å². The number of carbonyl (C=O) groups is 1. The maximum atomic E-state index is 12.2. The van der Waals surface area contributed by atoms with E-state index in [1.807, 2.05) is 6.92 Å². The van der Waals surface area contributed by atoms with Crippen LogP contribution in [0.5, 0.6) is 17.2 Å². The second-order valence-electron chi connectivity index (χ2n) is 6.20.